The third-order valence-electron chi connectivity index (χ3n) is 4.36. The molecular formula is C22H23FN2O4S2. The summed E-state index contributed by atoms with van der Waals surface area (Å²) in [5, 5.41) is 5.00. The molecule has 31 heavy (non-hydrogen) atoms. The molecule has 9 heteroatoms. The Morgan fingerprint density at radius 1 is 1.13 bits per heavy atom. The molecule has 0 spiro atoms. The summed E-state index contributed by atoms with van der Waals surface area (Å²) in [7, 11) is -3.56. The molecule has 0 saturated carbocycles. The first-order valence-corrected chi connectivity index (χ1v) is 12.4. The second-order valence-corrected chi connectivity index (χ2v) is 9.80. The van der Waals surface area contributed by atoms with Gasteiger partial charge in [-0.2, -0.15) is 0 Å². The Balaban J connectivity index is 1.50. The van der Waals surface area contributed by atoms with Gasteiger partial charge in [0.2, 0.25) is 5.91 Å². The number of carbonyl (C=O) groups is 1. The van der Waals surface area contributed by atoms with Crippen molar-refractivity contribution < 1.29 is 22.3 Å². The summed E-state index contributed by atoms with van der Waals surface area (Å²) in [4.78, 5) is 16.6. The number of rotatable bonds is 10. The van der Waals surface area contributed by atoms with Gasteiger partial charge in [0.15, 0.2) is 15.0 Å². The van der Waals surface area contributed by atoms with Gasteiger partial charge in [0.25, 0.3) is 0 Å². The largest absolute Gasteiger partial charge is 0.494 e. The van der Waals surface area contributed by atoms with Crippen molar-refractivity contribution in [3.8, 4) is 17.0 Å². The predicted octanol–water partition coefficient (Wildman–Crippen LogP) is 4.93. The molecule has 2 aromatic carbocycles. The number of carbonyl (C=O) groups excluding carboxylic acids is 1. The molecule has 0 aliphatic carbocycles. The molecule has 0 saturated heterocycles. The Morgan fingerprint density at radius 2 is 1.84 bits per heavy atom. The van der Waals surface area contributed by atoms with Crippen LogP contribution in [0, 0.1) is 5.82 Å². The van der Waals surface area contributed by atoms with Crippen molar-refractivity contribution >= 4 is 32.2 Å². The zero-order valence-electron chi connectivity index (χ0n) is 17.0. The number of nitrogens with zero attached hydrogens (tertiary/aromatic N) is 1. The topological polar surface area (TPSA) is 85.4 Å². The molecule has 0 bridgehead atoms. The quantitative estimate of drug-likeness (QED) is 0.432. The lowest BCUT2D eigenvalue weighted by Crippen LogP contribution is -2.14. The van der Waals surface area contributed by atoms with Gasteiger partial charge in [0.1, 0.15) is 11.6 Å². The normalized spacial score (nSPS) is 11.3. The van der Waals surface area contributed by atoms with Crippen LogP contribution < -0.4 is 10.1 Å². The van der Waals surface area contributed by atoms with Crippen molar-refractivity contribution in [3.05, 3.63) is 59.7 Å². The molecule has 0 atom stereocenters. The lowest BCUT2D eigenvalue weighted by atomic mass is 10.2. The molecule has 0 unspecified atom stereocenters. The monoisotopic (exact) mass is 462 g/mol. The molecule has 0 fully saturated rings. The third kappa shape index (κ3) is 6.60. The number of amides is 1. The van der Waals surface area contributed by atoms with Gasteiger partial charge in [-0.15, -0.1) is 11.3 Å². The van der Waals surface area contributed by atoms with Crippen LogP contribution in [0.5, 0.6) is 5.75 Å². The molecule has 0 aliphatic rings. The number of halogens is 1. The van der Waals surface area contributed by atoms with Crippen LogP contribution in [-0.4, -0.2) is 31.7 Å². The summed E-state index contributed by atoms with van der Waals surface area (Å²) in [6.07, 6.45) is 1.14. The Bertz CT molecular complexity index is 1110. The molecule has 1 N–H and O–H groups in total. The molecule has 0 aliphatic heterocycles. The van der Waals surface area contributed by atoms with Gasteiger partial charge in [0, 0.05) is 17.4 Å². The van der Waals surface area contributed by atoms with Gasteiger partial charge in [-0.1, -0.05) is 6.92 Å². The van der Waals surface area contributed by atoms with Crippen molar-refractivity contribution in [1.82, 2.24) is 4.98 Å². The van der Waals surface area contributed by atoms with Crippen LogP contribution in [0.3, 0.4) is 0 Å². The van der Waals surface area contributed by atoms with E-state index in [0.29, 0.717) is 11.7 Å². The highest BCUT2D eigenvalue weighted by molar-refractivity contribution is 7.91. The van der Waals surface area contributed by atoms with Gasteiger partial charge >= 0.3 is 0 Å². The van der Waals surface area contributed by atoms with Gasteiger partial charge < -0.3 is 10.1 Å². The van der Waals surface area contributed by atoms with Crippen LogP contribution >= 0.6 is 11.3 Å². The van der Waals surface area contributed by atoms with Crippen LogP contribution in [0.1, 0.15) is 26.2 Å². The van der Waals surface area contributed by atoms with Crippen LogP contribution in [-0.2, 0) is 14.6 Å². The average Bonchev–Trinajstić information content (AvgIpc) is 3.21. The zero-order valence-corrected chi connectivity index (χ0v) is 18.6. The van der Waals surface area contributed by atoms with Crippen LogP contribution in [0.2, 0.25) is 0 Å². The van der Waals surface area contributed by atoms with E-state index in [4.69, 9.17) is 4.74 Å². The summed E-state index contributed by atoms with van der Waals surface area (Å²) in [6, 6.07) is 12.2. The van der Waals surface area contributed by atoms with Gasteiger partial charge in [-0.25, -0.2) is 17.8 Å². The number of thiazole rings is 1. The second kappa shape index (κ2) is 10.5. The Kier molecular flexibility index (Phi) is 7.75. The maximum absolute atomic E-state index is 13.0. The molecule has 0 radical (unpaired) electrons. The summed E-state index contributed by atoms with van der Waals surface area (Å²) >= 11 is 1.30. The molecular weight excluding hydrogens is 439 g/mol. The van der Waals surface area contributed by atoms with E-state index >= 15 is 0 Å². The first kappa shape index (κ1) is 22.9. The van der Waals surface area contributed by atoms with Crippen molar-refractivity contribution in [2.75, 3.05) is 17.7 Å². The minimum absolute atomic E-state index is 0.0405. The van der Waals surface area contributed by atoms with E-state index in [1.807, 2.05) is 36.6 Å². The van der Waals surface area contributed by atoms with Gasteiger partial charge in [0.05, 0.1) is 22.9 Å². The van der Waals surface area contributed by atoms with Crippen molar-refractivity contribution in [2.24, 2.45) is 0 Å². The number of anilines is 1. The molecule has 1 heterocycles. The second-order valence-electron chi connectivity index (χ2n) is 6.84. The maximum atomic E-state index is 13.0. The highest BCUT2D eigenvalue weighted by Gasteiger charge is 2.16. The van der Waals surface area contributed by atoms with Crippen molar-refractivity contribution in [2.45, 2.75) is 31.1 Å². The van der Waals surface area contributed by atoms with Crippen LogP contribution in [0.25, 0.3) is 11.3 Å². The van der Waals surface area contributed by atoms with E-state index in [1.165, 1.54) is 23.5 Å². The molecule has 3 aromatic rings. The fourth-order valence-corrected chi connectivity index (χ4v) is 4.82. The predicted molar refractivity (Wildman–Crippen MR) is 120 cm³/mol. The zero-order chi connectivity index (χ0) is 22.3. The highest BCUT2D eigenvalue weighted by Crippen LogP contribution is 2.26. The summed E-state index contributed by atoms with van der Waals surface area (Å²) in [5.74, 6) is -0.202. The molecule has 6 nitrogen and oxygen atoms in total. The summed E-state index contributed by atoms with van der Waals surface area (Å²) in [5.41, 5.74) is 1.65. The number of aromatic nitrogens is 1. The first-order valence-electron chi connectivity index (χ1n) is 9.84. The Morgan fingerprint density at radius 3 is 2.52 bits per heavy atom. The summed E-state index contributed by atoms with van der Waals surface area (Å²) in [6.45, 7) is 2.71. The molecule has 1 aromatic heterocycles. The smallest absolute Gasteiger partial charge is 0.226 e. The van der Waals surface area contributed by atoms with Crippen molar-refractivity contribution in [1.29, 1.82) is 0 Å². The van der Waals surface area contributed by atoms with Crippen LogP contribution in [0.15, 0.2) is 58.8 Å². The van der Waals surface area contributed by atoms with Crippen LogP contribution in [0.4, 0.5) is 9.52 Å². The minimum atomic E-state index is -3.56. The highest BCUT2D eigenvalue weighted by atomic mass is 32.2. The minimum Gasteiger partial charge on any atom is -0.494 e. The number of sulfone groups is 1. The number of benzene rings is 2. The molecule has 1 amide bonds. The fourth-order valence-electron chi connectivity index (χ4n) is 2.77. The number of hydrogen-bond donors (Lipinski definition) is 1. The fraction of sp³-hybridized carbons (Fsp3) is 0.273. The van der Waals surface area contributed by atoms with E-state index in [9.17, 15) is 17.6 Å². The number of nitrogens with one attached hydrogen (secondary N) is 1. The maximum Gasteiger partial charge on any atom is 0.226 e. The van der Waals surface area contributed by atoms with Gasteiger partial charge in [-0.05, 0) is 61.4 Å². The summed E-state index contributed by atoms with van der Waals surface area (Å²) < 4.78 is 43.0. The van der Waals surface area contributed by atoms with E-state index < -0.39 is 15.7 Å². The average molecular weight is 463 g/mol. The number of ether oxygens (including phenoxy) is 1. The lowest BCUT2D eigenvalue weighted by molar-refractivity contribution is -0.116. The SMILES string of the molecule is CCCOc1ccc(-c2csc(NC(=O)CCCS(=O)(=O)c3ccc(F)cc3)n2)cc1. The standard InChI is InChI=1S/C22H23FN2O4S2/c1-2-13-29-18-9-5-16(6-10-18)20-15-30-22(24-20)25-21(26)4-3-14-31(27,28)19-11-7-17(23)8-12-19/h5-12,15H,2-4,13-14H2,1H3,(H,24,25,26). The molecule has 164 valence electrons. The van der Waals surface area contributed by atoms with E-state index in [-0.39, 0.29) is 29.4 Å². The third-order valence-corrected chi connectivity index (χ3v) is 6.94. The lowest BCUT2D eigenvalue weighted by Gasteiger charge is -2.05. The van der Waals surface area contributed by atoms with E-state index in [1.54, 1.807) is 0 Å². The van der Waals surface area contributed by atoms with Gasteiger partial charge in [-0.3, -0.25) is 4.79 Å². The van der Waals surface area contributed by atoms with Crippen molar-refractivity contribution in [3.63, 3.8) is 0 Å². The van der Waals surface area contributed by atoms with E-state index in [2.05, 4.69) is 10.3 Å². The first-order chi connectivity index (χ1) is 14.9. The number of hydrogen-bond acceptors (Lipinski definition) is 6. The Hall–Kier alpha value is -2.78. The Labute approximate surface area is 185 Å². The van der Waals surface area contributed by atoms with E-state index in [0.717, 1.165) is 35.6 Å². The molecule has 3 rings (SSSR count).